The minimum atomic E-state index is -2.75. The molecule has 6 atom stereocenters. The lowest BCUT2D eigenvalue weighted by atomic mass is 9.52. The molecule has 39 heavy (non-hydrogen) atoms. The van der Waals surface area contributed by atoms with Crippen molar-refractivity contribution in [3.63, 3.8) is 0 Å². The second-order valence-electron chi connectivity index (χ2n) is 11.3. The standard InChI is InChI=1S/C28H34N4O7/c1-7-8-32(6)12-14-11-17(30(2)3)15-9-13-10-16-21(31(4)5)24(35)20(27(29)38)26(37)28(16,39)25(36)18(13)23(34)19(15)22(14)33/h1,11,13,16,18,20-21,33,39H,8-10,12H2,2-6H3,(H2,29,38)/t13-,16-,18?,20?,21-,28-/m0/s1. The molecule has 0 aliphatic heterocycles. The Hall–Kier alpha value is -3.59. The smallest absolute Gasteiger partial charge is 0.235 e. The Labute approximate surface area is 226 Å². The molecule has 1 amide bonds. The van der Waals surface area contributed by atoms with Crippen molar-refractivity contribution in [1.82, 2.24) is 9.80 Å². The number of carbonyl (C=O) groups is 5. The first kappa shape index (κ1) is 28.4. The highest BCUT2D eigenvalue weighted by atomic mass is 16.3. The predicted molar refractivity (Wildman–Crippen MR) is 141 cm³/mol. The average Bonchev–Trinajstić information content (AvgIpc) is 2.82. The van der Waals surface area contributed by atoms with Gasteiger partial charge in [-0.2, -0.15) is 0 Å². The molecule has 4 rings (SSSR count). The molecule has 3 aliphatic carbocycles. The molecule has 11 heteroatoms. The zero-order valence-corrected chi connectivity index (χ0v) is 22.7. The van der Waals surface area contributed by atoms with Crippen molar-refractivity contribution in [3.05, 3.63) is 22.8 Å². The monoisotopic (exact) mass is 538 g/mol. The molecule has 208 valence electrons. The second kappa shape index (κ2) is 9.86. The van der Waals surface area contributed by atoms with E-state index in [-0.39, 0.29) is 30.7 Å². The van der Waals surface area contributed by atoms with Gasteiger partial charge in [0.15, 0.2) is 34.7 Å². The third-order valence-electron chi connectivity index (χ3n) is 8.40. The quantitative estimate of drug-likeness (QED) is 0.303. The number of aliphatic hydroxyl groups is 1. The van der Waals surface area contributed by atoms with E-state index < -0.39 is 64.4 Å². The number of nitrogens with two attached hydrogens (primary N) is 1. The maximum atomic E-state index is 14.0. The Kier molecular flexibility index (Phi) is 7.19. The Bertz CT molecular complexity index is 1330. The topological polar surface area (TPSA) is 162 Å². The highest BCUT2D eigenvalue weighted by molar-refractivity contribution is 6.32. The summed E-state index contributed by atoms with van der Waals surface area (Å²) in [5.74, 6) is -8.08. The van der Waals surface area contributed by atoms with Crippen LogP contribution in [0.1, 0.15) is 27.9 Å². The number of likely N-dealkylation sites (N-methyl/N-ethyl adjacent to an activating group) is 1. The highest BCUT2D eigenvalue weighted by Gasteiger charge is 2.69. The van der Waals surface area contributed by atoms with Crippen LogP contribution in [0.25, 0.3) is 0 Å². The molecule has 0 heterocycles. The Balaban J connectivity index is 1.87. The molecule has 11 nitrogen and oxygen atoms in total. The summed E-state index contributed by atoms with van der Waals surface area (Å²) < 4.78 is 0. The molecule has 0 aromatic heterocycles. The van der Waals surface area contributed by atoms with E-state index in [9.17, 15) is 34.2 Å². The zero-order chi connectivity index (χ0) is 29.1. The fraction of sp³-hybridized carbons (Fsp3) is 0.536. The van der Waals surface area contributed by atoms with Crippen LogP contribution in [0, 0.1) is 36.0 Å². The summed E-state index contributed by atoms with van der Waals surface area (Å²) in [7, 11) is 8.46. The minimum absolute atomic E-state index is 0.00415. The molecule has 4 N–H and O–H groups in total. The van der Waals surface area contributed by atoms with E-state index in [0.29, 0.717) is 23.4 Å². The molecule has 0 radical (unpaired) electrons. The molecule has 1 aromatic rings. The Morgan fingerprint density at radius 2 is 1.79 bits per heavy atom. The number of phenolic OH excluding ortho intramolecular Hbond substituents is 1. The maximum Gasteiger partial charge on any atom is 0.235 e. The molecular formula is C28H34N4O7. The van der Waals surface area contributed by atoms with Crippen molar-refractivity contribution >= 4 is 34.7 Å². The number of benzene rings is 1. The fourth-order valence-electron chi connectivity index (χ4n) is 6.73. The number of anilines is 1. The summed E-state index contributed by atoms with van der Waals surface area (Å²) in [5, 5.41) is 22.9. The van der Waals surface area contributed by atoms with Crippen LogP contribution >= 0.6 is 0 Å². The van der Waals surface area contributed by atoms with Crippen LogP contribution in [0.4, 0.5) is 5.69 Å². The van der Waals surface area contributed by atoms with E-state index in [4.69, 9.17) is 12.2 Å². The van der Waals surface area contributed by atoms with Crippen molar-refractivity contribution in [2.45, 2.75) is 31.0 Å². The van der Waals surface area contributed by atoms with Gasteiger partial charge in [0.2, 0.25) is 5.91 Å². The van der Waals surface area contributed by atoms with Crippen molar-refractivity contribution < 1.29 is 34.2 Å². The highest BCUT2D eigenvalue weighted by Crippen LogP contribution is 2.52. The first-order valence-corrected chi connectivity index (χ1v) is 12.7. The second-order valence-corrected chi connectivity index (χ2v) is 11.3. The number of carbonyl (C=O) groups excluding carboxylic acids is 5. The van der Waals surface area contributed by atoms with Crippen LogP contribution in [0.5, 0.6) is 5.75 Å². The van der Waals surface area contributed by atoms with Gasteiger partial charge in [0, 0.05) is 37.8 Å². The van der Waals surface area contributed by atoms with Gasteiger partial charge in [-0.3, -0.25) is 33.8 Å². The van der Waals surface area contributed by atoms with Crippen LogP contribution in [0.15, 0.2) is 6.07 Å². The predicted octanol–water partition coefficient (Wildman–Crippen LogP) is -1.00. The summed E-state index contributed by atoms with van der Waals surface area (Å²) in [6.45, 7) is 0.533. The third kappa shape index (κ3) is 4.14. The lowest BCUT2D eigenvalue weighted by Gasteiger charge is -2.52. The number of terminal acetylenes is 1. The van der Waals surface area contributed by atoms with Gasteiger partial charge in [0.05, 0.1) is 24.1 Å². The average molecular weight is 539 g/mol. The lowest BCUT2D eigenvalue weighted by molar-refractivity contribution is -0.181. The van der Waals surface area contributed by atoms with E-state index in [1.54, 1.807) is 46.2 Å². The van der Waals surface area contributed by atoms with Crippen molar-refractivity contribution in [2.24, 2.45) is 29.4 Å². The number of phenols is 1. The number of nitrogens with zero attached hydrogens (tertiary/aromatic N) is 3. The zero-order valence-electron chi connectivity index (χ0n) is 22.7. The molecular weight excluding hydrogens is 504 g/mol. The number of hydrogen-bond donors (Lipinski definition) is 3. The van der Waals surface area contributed by atoms with Gasteiger partial charge in [0.1, 0.15) is 5.75 Å². The van der Waals surface area contributed by atoms with E-state index in [2.05, 4.69) is 5.92 Å². The normalized spacial score (nSPS) is 30.1. The van der Waals surface area contributed by atoms with Crippen molar-refractivity contribution in [2.75, 3.05) is 46.7 Å². The van der Waals surface area contributed by atoms with Gasteiger partial charge in [-0.05, 0) is 51.5 Å². The van der Waals surface area contributed by atoms with Gasteiger partial charge < -0.3 is 20.8 Å². The summed E-state index contributed by atoms with van der Waals surface area (Å²) in [4.78, 5) is 71.7. The number of rotatable bonds is 6. The summed E-state index contributed by atoms with van der Waals surface area (Å²) >= 11 is 0. The summed E-state index contributed by atoms with van der Waals surface area (Å²) in [5.41, 5.74) is 4.25. The summed E-state index contributed by atoms with van der Waals surface area (Å²) in [6.07, 6.45) is 5.61. The molecule has 0 spiro atoms. The van der Waals surface area contributed by atoms with E-state index in [0.717, 1.165) is 0 Å². The van der Waals surface area contributed by atoms with Crippen LogP contribution in [0.2, 0.25) is 0 Å². The Morgan fingerprint density at radius 3 is 2.33 bits per heavy atom. The third-order valence-corrected chi connectivity index (χ3v) is 8.40. The van der Waals surface area contributed by atoms with Crippen molar-refractivity contribution in [3.8, 4) is 18.1 Å². The number of ketones is 4. The maximum absolute atomic E-state index is 14.0. The molecule has 1 aromatic carbocycles. The van der Waals surface area contributed by atoms with Gasteiger partial charge in [-0.1, -0.05) is 5.92 Å². The molecule has 2 saturated carbocycles. The van der Waals surface area contributed by atoms with Crippen LogP contribution in [-0.2, 0) is 32.1 Å². The van der Waals surface area contributed by atoms with Crippen LogP contribution in [0.3, 0.4) is 0 Å². The van der Waals surface area contributed by atoms with E-state index >= 15 is 0 Å². The van der Waals surface area contributed by atoms with Gasteiger partial charge in [-0.25, -0.2) is 0 Å². The minimum Gasteiger partial charge on any atom is -0.507 e. The van der Waals surface area contributed by atoms with Crippen LogP contribution < -0.4 is 10.6 Å². The first-order valence-electron chi connectivity index (χ1n) is 12.7. The number of fused-ring (bicyclic) bond motifs is 3. The number of hydrogen-bond acceptors (Lipinski definition) is 10. The molecule has 0 saturated heterocycles. The van der Waals surface area contributed by atoms with Gasteiger partial charge >= 0.3 is 0 Å². The lowest BCUT2D eigenvalue weighted by Crippen LogP contribution is -2.74. The SMILES string of the molecule is C#CCN(C)Cc1cc(N(C)C)c2c(c1O)C(=O)C1C(=O)[C@]3(O)C(=O)C(C(N)=O)C(=O)[C@@H](N(C)C)[C@@H]3C[C@@H]1C2. The van der Waals surface area contributed by atoms with Gasteiger partial charge in [-0.15, -0.1) is 6.42 Å². The Morgan fingerprint density at radius 1 is 1.15 bits per heavy atom. The van der Waals surface area contributed by atoms with E-state index in [1.807, 2.05) is 4.90 Å². The molecule has 0 bridgehead atoms. The van der Waals surface area contributed by atoms with E-state index in [1.165, 1.54) is 4.90 Å². The van der Waals surface area contributed by atoms with Crippen LogP contribution in [-0.4, -0.2) is 102 Å². The largest absolute Gasteiger partial charge is 0.507 e. The number of aromatic hydroxyl groups is 1. The molecule has 2 unspecified atom stereocenters. The van der Waals surface area contributed by atoms with Gasteiger partial charge in [0.25, 0.3) is 0 Å². The number of primary amides is 1. The number of Topliss-reactive ketones (excluding diaryl/α,β-unsaturated/α-hetero) is 4. The number of amides is 1. The fourth-order valence-corrected chi connectivity index (χ4v) is 6.73. The first-order chi connectivity index (χ1) is 18.2. The molecule has 3 aliphatic rings. The summed E-state index contributed by atoms with van der Waals surface area (Å²) in [6, 6.07) is 0.645. The molecule has 2 fully saturated rings. The van der Waals surface area contributed by atoms with Crippen molar-refractivity contribution in [1.29, 1.82) is 0 Å².